The van der Waals surface area contributed by atoms with Crippen LogP contribution in [0.2, 0.25) is 0 Å². The summed E-state index contributed by atoms with van der Waals surface area (Å²) in [4.78, 5) is 47.8. The first-order valence-corrected chi connectivity index (χ1v) is 13.2. The lowest BCUT2D eigenvalue weighted by atomic mass is 10.0. The number of carbonyl (C=O) groups is 3. The molecule has 0 bridgehead atoms. The average molecular weight is 506 g/mol. The number of piperidine rings is 1. The van der Waals surface area contributed by atoms with Gasteiger partial charge in [0.2, 0.25) is 0 Å². The second-order valence-electron chi connectivity index (χ2n) is 10.3. The molecule has 0 saturated carbocycles. The van der Waals surface area contributed by atoms with Crippen LogP contribution in [0.3, 0.4) is 0 Å². The largest absolute Gasteiger partial charge is 0.478 e. The van der Waals surface area contributed by atoms with Gasteiger partial charge in [0.15, 0.2) is 0 Å². The molecule has 2 fully saturated rings. The molecule has 3 aliphatic heterocycles. The van der Waals surface area contributed by atoms with Crippen molar-refractivity contribution in [1.29, 1.82) is 0 Å². The SMILES string of the molecule is Cc1[nH]c(/C=C2\C(=O)Nc3ccc(C(=O)O)cc32)c(C)c1C(=O)N1CCN(CCN2CCCCC2)CC1. The summed E-state index contributed by atoms with van der Waals surface area (Å²) < 4.78 is 0. The molecule has 3 N–H and O–H groups in total. The first kappa shape index (κ1) is 25.2. The first-order chi connectivity index (χ1) is 17.8. The minimum atomic E-state index is -1.05. The van der Waals surface area contributed by atoms with E-state index in [0.717, 1.165) is 37.4 Å². The molecule has 0 atom stereocenters. The van der Waals surface area contributed by atoms with E-state index >= 15 is 0 Å². The highest BCUT2D eigenvalue weighted by molar-refractivity contribution is 6.35. The Morgan fingerprint density at radius 1 is 0.973 bits per heavy atom. The van der Waals surface area contributed by atoms with Gasteiger partial charge in [-0.2, -0.15) is 0 Å². The zero-order valence-corrected chi connectivity index (χ0v) is 21.6. The highest BCUT2D eigenvalue weighted by atomic mass is 16.4. The molecule has 4 heterocycles. The molecule has 0 aliphatic carbocycles. The van der Waals surface area contributed by atoms with Crippen molar-refractivity contribution in [3.05, 3.63) is 51.8 Å². The Kier molecular flexibility index (Phi) is 7.17. The summed E-state index contributed by atoms with van der Waals surface area (Å²) in [7, 11) is 0. The van der Waals surface area contributed by atoms with E-state index in [1.165, 1.54) is 44.5 Å². The Hall–Kier alpha value is -3.43. The third kappa shape index (κ3) is 5.19. The number of benzene rings is 1. The number of fused-ring (bicyclic) bond motifs is 1. The summed E-state index contributed by atoms with van der Waals surface area (Å²) >= 11 is 0. The number of carbonyl (C=O) groups excluding carboxylic acids is 2. The maximum absolute atomic E-state index is 13.5. The van der Waals surface area contributed by atoms with Crippen LogP contribution in [-0.4, -0.2) is 94.9 Å². The van der Waals surface area contributed by atoms with Crippen molar-refractivity contribution < 1.29 is 19.5 Å². The molecule has 2 aromatic rings. The van der Waals surface area contributed by atoms with E-state index in [1.54, 1.807) is 12.1 Å². The van der Waals surface area contributed by atoms with Crippen LogP contribution in [0.25, 0.3) is 11.6 Å². The number of nitrogens with zero attached hydrogens (tertiary/aromatic N) is 3. The number of hydrogen-bond acceptors (Lipinski definition) is 5. The van der Waals surface area contributed by atoms with Crippen LogP contribution < -0.4 is 5.32 Å². The molecular formula is C28H35N5O4. The number of aryl methyl sites for hydroxylation is 1. The zero-order valence-electron chi connectivity index (χ0n) is 21.6. The van der Waals surface area contributed by atoms with Gasteiger partial charge in [-0.3, -0.25) is 14.5 Å². The quantitative estimate of drug-likeness (QED) is 0.521. The van der Waals surface area contributed by atoms with Gasteiger partial charge in [0.25, 0.3) is 11.8 Å². The second kappa shape index (κ2) is 10.5. The number of carboxylic acid groups (broad SMARTS) is 1. The Labute approximate surface area is 217 Å². The van der Waals surface area contributed by atoms with Gasteiger partial charge in [-0.25, -0.2) is 4.79 Å². The van der Waals surface area contributed by atoms with Crippen LogP contribution in [0.5, 0.6) is 0 Å². The van der Waals surface area contributed by atoms with Crippen LogP contribution in [-0.2, 0) is 4.79 Å². The zero-order chi connectivity index (χ0) is 26.1. The van der Waals surface area contributed by atoms with Crippen molar-refractivity contribution in [2.45, 2.75) is 33.1 Å². The van der Waals surface area contributed by atoms with Gasteiger partial charge in [-0.05, 0) is 69.6 Å². The normalized spacial score (nSPS) is 19.8. The van der Waals surface area contributed by atoms with Crippen LogP contribution in [0, 0.1) is 13.8 Å². The Balaban J connectivity index is 1.28. The van der Waals surface area contributed by atoms with Crippen LogP contribution in [0.15, 0.2) is 18.2 Å². The molecule has 5 rings (SSSR count). The highest BCUT2D eigenvalue weighted by Crippen LogP contribution is 2.35. The first-order valence-electron chi connectivity index (χ1n) is 13.2. The van der Waals surface area contributed by atoms with Gasteiger partial charge in [-0.15, -0.1) is 0 Å². The van der Waals surface area contributed by atoms with Crippen LogP contribution >= 0.6 is 0 Å². The molecule has 9 nitrogen and oxygen atoms in total. The standard InChI is InChI=1S/C28H35N5O4/c1-18-24(17-22-21-16-20(28(36)37)6-7-23(21)30-26(22)34)29-19(2)25(18)27(35)33-14-12-32(13-15-33)11-10-31-8-4-3-5-9-31/h6-7,16-17,29H,3-5,8-15H2,1-2H3,(H,30,34)(H,36,37)/b22-17-. The predicted octanol–water partition coefficient (Wildman–Crippen LogP) is 3.07. The molecule has 9 heteroatoms. The Morgan fingerprint density at radius 2 is 1.65 bits per heavy atom. The number of aromatic nitrogens is 1. The molecule has 0 radical (unpaired) electrons. The van der Waals surface area contributed by atoms with Gasteiger partial charge >= 0.3 is 5.97 Å². The van der Waals surface area contributed by atoms with Crippen LogP contribution in [0.4, 0.5) is 5.69 Å². The summed E-state index contributed by atoms with van der Waals surface area (Å²) in [5, 5.41) is 12.1. The van der Waals surface area contributed by atoms with Gasteiger partial charge < -0.3 is 25.2 Å². The van der Waals surface area contributed by atoms with Gasteiger partial charge in [0.05, 0.1) is 16.7 Å². The van der Waals surface area contributed by atoms with E-state index in [9.17, 15) is 19.5 Å². The number of H-pyrrole nitrogens is 1. The van der Waals surface area contributed by atoms with Crippen molar-refractivity contribution in [2.24, 2.45) is 0 Å². The minimum Gasteiger partial charge on any atom is -0.478 e. The Bertz CT molecular complexity index is 1250. The molecule has 2 saturated heterocycles. The molecule has 1 aromatic carbocycles. The number of rotatable bonds is 6. The summed E-state index contributed by atoms with van der Waals surface area (Å²) in [5.74, 6) is -1.33. The number of nitrogens with one attached hydrogen (secondary N) is 2. The lowest BCUT2D eigenvalue weighted by molar-refractivity contribution is -0.110. The van der Waals surface area contributed by atoms with E-state index in [1.807, 2.05) is 18.7 Å². The second-order valence-corrected chi connectivity index (χ2v) is 10.3. The number of amides is 2. The molecule has 2 amide bonds. The topological polar surface area (TPSA) is 109 Å². The summed E-state index contributed by atoms with van der Waals surface area (Å²) in [6.07, 6.45) is 5.67. The predicted molar refractivity (Wildman–Crippen MR) is 143 cm³/mol. The maximum Gasteiger partial charge on any atom is 0.335 e. The molecule has 37 heavy (non-hydrogen) atoms. The van der Waals surface area contributed by atoms with Crippen molar-refractivity contribution in [1.82, 2.24) is 19.7 Å². The van der Waals surface area contributed by atoms with Gasteiger partial charge in [0, 0.05) is 61.9 Å². The van der Waals surface area contributed by atoms with Crippen LogP contribution in [0.1, 0.15) is 62.5 Å². The number of piperazine rings is 1. The fraction of sp³-hybridized carbons (Fsp3) is 0.464. The number of likely N-dealkylation sites (tertiary alicyclic amines) is 1. The Morgan fingerprint density at radius 3 is 2.32 bits per heavy atom. The van der Waals surface area contributed by atoms with E-state index < -0.39 is 5.97 Å². The van der Waals surface area contributed by atoms with Crippen molar-refractivity contribution in [2.75, 3.05) is 57.7 Å². The summed E-state index contributed by atoms with van der Waals surface area (Å²) in [6.45, 7) is 11.5. The number of carboxylic acids is 1. The van der Waals surface area contributed by atoms with E-state index in [0.29, 0.717) is 41.2 Å². The fourth-order valence-corrected chi connectivity index (χ4v) is 5.65. The molecule has 3 aliphatic rings. The molecule has 196 valence electrons. The lowest BCUT2D eigenvalue weighted by Crippen LogP contribution is -2.50. The van der Waals surface area contributed by atoms with Crippen molar-refractivity contribution in [3.8, 4) is 0 Å². The fourth-order valence-electron chi connectivity index (χ4n) is 5.65. The molecule has 1 aromatic heterocycles. The van der Waals surface area contributed by atoms with Gasteiger partial charge in [-0.1, -0.05) is 6.42 Å². The van der Waals surface area contributed by atoms with E-state index in [2.05, 4.69) is 20.1 Å². The molecule has 0 spiro atoms. The molecular weight excluding hydrogens is 470 g/mol. The number of aromatic amines is 1. The third-order valence-corrected chi connectivity index (χ3v) is 7.87. The number of anilines is 1. The summed E-state index contributed by atoms with van der Waals surface area (Å²) in [6, 6.07) is 4.58. The maximum atomic E-state index is 13.5. The van der Waals surface area contributed by atoms with Crippen molar-refractivity contribution >= 4 is 35.1 Å². The third-order valence-electron chi connectivity index (χ3n) is 7.87. The lowest BCUT2D eigenvalue weighted by Gasteiger charge is -2.36. The monoisotopic (exact) mass is 505 g/mol. The summed E-state index contributed by atoms with van der Waals surface area (Å²) in [5.41, 5.74) is 4.50. The number of aromatic carboxylic acids is 1. The van der Waals surface area contributed by atoms with Crippen molar-refractivity contribution in [3.63, 3.8) is 0 Å². The number of hydrogen-bond donors (Lipinski definition) is 3. The highest BCUT2D eigenvalue weighted by Gasteiger charge is 2.29. The molecule has 0 unspecified atom stereocenters. The van der Waals surface area contributed by atoms with Gasteiger partial charge in [0.1, 0.15) is 0 Å². The van der Waals surface area contributed by atoms with E-state index in [4.69, 9.17) is 0 Å². The van der Waals surface area contributed by atoms with E-state index in [-0.39, 0.29) is 17.4 Å². The smallest absolute Gasteiger partial charge is 0.335 e. The minimum absolute atomic E-state index is 0.0102. The average Bonchev–Trinajstić information content (AvgIpc) is 3.37.